The lowest BCUT2D eigenvalue weighted by Crippen LogP contribution is -2.03. The van der Waals surface area contributed by atoms with Crippen molar-refractivity contribution in [3.63, 3.8) is 0 Å². The zero-order chi connectivity index (χ0) is 12.6. The summed E-state index contributed by atoms with van der Waals surface area (Å²) < 4.78 is 23.9. The van der Waals surface area contributed by atoms with E-state index < -0.39 is 9.84 Å². The summed E-state index contributed by atoms with van der Waals surface area (Å²) in [6.45, 7) is 0. The fourth-order valence-electron chi connectivity index (χ4n) is 1.23. The Hall–Kier alpha value is -1.60. The van der Waals surface area contributed by atoms with Gasteiger partial charge in [-0.2, -0.15) is 5.10 Å². The highest BCUT2D eigenvalue weighted by Gasteiger charge is 2.12. The molecule has 0 aromatic carbocycles. The van der Waals surface area contributed by atoms with Crippen molar-refractivity contribution in [2.24, 2.45) is 0 Å². The van der Waals surface area contributed by atoms with Crippen LogP contribution in [-0.2, 0) is 9.84 Å². The quantitative estimate of drug-likeness (QED) is 0.821. The van der Waals surface area contributed by atoms with E-state index in [9.17, 15) is 8.42 Å². The van der Waals surface area contributed by atoms with E-state index in [0.29, 0.717) is 11.5 Å². The van der Waals surface area contributed by atoms with Crippen molar-refractivity contribution in [3.05, 3.63) is 29.7 Å². The van der Waals surface area contributed by atoms with Gasteiger partial charge in [-0.3, -0.25) is 0 Å². The summed E-state index contributed by atoms with van der Waals surface area (Å²) in [5, 5.41) is 4.15. The number of nitrogens with zero attached hydrogens (tertiary/aromatic N) is 3. The van der Waals surface area contributed by atoms with Crippen LogP contribution in [0.2, 0.25) is 5.15 Å². The van der Waals surface area contributed by atoms with Gasteiger partial charge >= 0.3 is 0 Å². The highest BCUT2D eigenvalue weighted by molar-refractivity contribution is 7.90. The highest BCUT2D eigenvalue weighted by Crippen LogP contribution is 2.18. The molecule has 2 aromatic rings. The number of pyridine rings is 1. The van der Waals surface area contributed by atoms with Gasteiger partial charge < -0.3 is 5.73 Å². The fraction of sp³-hybridized carbons (Fsp3) is 0.111. The standard InChI is InChI=1S/C9H9ClN4O2S/c1-17(15,16)6-4-12-14(5-6)9-7(11)2-3-8(10)13-9/h2-5H,11H2,1H3. The molecule has 17 heavy (non-hydrogen) atoms. The van der Waals surface area contributed by atoms with Crippen molar-refractivity contribution in [1.82, 2.24) is 14.8 Å². The number of nitrogen functional groups attached to an aromatic ring is 1. The van der Waals surface area contributed by atoms with E-state index in [0.717, 1.165) is 6.26 Å². The van der Waals surface area contributed by atoms with Crippen LogP contribution in [0.1, 0.15) is 0 Å². The molecule has 0 unspecified atom stereocenters. The van der Waals surface area contributed by atoms with Crippen LogP contribution in [0.5, 0.6) is 0 Å². The lowest BCUT2D eigenvalue weighted by atomic mass is 10.4. The Morgan fingerprint density at radius 1 is 1.41 bits per heavy atom. The van der Waals surface area contributed by atoms with Crippen molar-refractivity contribution in [1.29, 1.82) is 0 Å². The molecule has 0 spiro atoms. The van der Waals surface area contributed by atoms with Crippen molar-refractivity contribution in [3.8, 4) is 5.82 Å². The van der Waals surface area contributed by atoms with Crippen molar-refractivity contribution in [2.45, 2.75) is 4.90 Å². The predicted octanol–water partition coefficient (Wildman–Crippen LogP) is 0.906. The van der Waals surface area contributed by atoms with Gasteiger partial charge in [0.1, 0.15) is 10.0 Å². The van der Waals surface area contributed by atoms with E-state index in [1.165, 1.54) is 17.1 Å². The third kappa shape index (κ3) is 2.40. The molecule has 90 valence electrons. The third-order valence-corrected chi connectivity index (χ3v) is 3.35. The van der Waals surface area contributed by atoms with E-state index in [-0.39, 0.29) is 10.0 Å². The maximum absolute atomic E-state index is 11.3. The molecule has 0 saturated carbocycles. The number of anilines is 1. The summed E-state index contributed by atoms with van der Waals surface area (Å²) in [5.41, 5.74) is 6.07. The summed E-state index contributed by atoms with van der Waals surface area (Å²) in [6, 6.07) is 3.12. The zero-order valence-corrected chi connectivity index (χ0v) is 10.4. The molecule has 8 heteroatoms. The normalized spacial score (nSPS) is 11.6. The zero-order valence-electron chi connectivity index (χ0n) is 8.83. The molecule has 0 aliphatic rings. The third-order valence-electron chi connectivity index (χ3n) is 2.08. The monoisotopic (exact) mass is 272 g/mol. The summed E-state index contributed by atoms with van der Waals surface area (Å²) in [7, 11) is -3.30. The summed E-state index contributed by atoms with van der Waals surface area (Å²) in [4.78, 5) is 4.08. The molecule has 0 atom stereocenters. The van der Waals surface area contributed by atoms with Gasteiger partial charge in [0.15, 0.2) is 15.7 Å². The van der Waals surface area contributed by atoms with E-state index in [1.807, 2.05) is 0 Å². The van der Waals surface area contributed by atoms with Gasteiger partial charge in [-0.25, -0.2) is 18.1 Å². The molecular weight excluding hydrogens is 264 g/mol. The van der Waals surface area contributed by atoms with E-state index in [2.05, 4.69) is 10.1 Å². The molecular formula is C9H9ClN4O2S. The second-order valence-corrected chi connectivity index (χ2v) is 5.84. The summed E-state index contributed by atoms with van der Waals surface area (Å²) >= 11 is 5.74. The molecule has 0 aliphatic carbocycles. The first kappa shape index (κ1) is 11.9. The second-order valence-electron chi connectivity index (χ2n) is 3.44. The van der Waals surface area contributed by atoms with Crippen LogP contribution < -0.4 is 5.73 Å². The number of sulfone groups is 1. The first-order chi connectivity index (χ1) is 7.88. The minimum absolute atomic E-state index is 0.0960. The molecule has 6 nitrogen and oxygen atoms in total. The topological polar surface area (TPSA) is 90.9 Å². The van der Waals surface area contributed by atoms with Gasteiger partial charge in [0.05, 0.1) is 18.1 Å². The van der Waals surface area contributed by atoms with Gasteiger partial charge in [0.25, 0.3) is 0 Å². The van der Waals surface area contributed by atoms with Crippen LogP contribution in [0.25, 0.3) is 5.82 Å². The first-order valence-electron chi connectivity index (χ1n) is 4.55. The van der Waals surface area contributed by atoms with Gasteiger partial charge in [0.2, 0.25) is 0 Å². The summed E-state index contributed by atoms with van der Waals surface area (Å²) in [6.07, 6.45) is 3.67. The smallest absolute Gasteiger partial charge is 0.178 e. The Balaban J connectivity index is 2.55. The van der Waals surface area contributed by atoms with E-state index in [4.69, 9.17) is 17.3 Å². The average Bonchev–Trinajstić information content (AvgIpc) is 2.70. The van der Waals surface area contributed by atoms with Crippen LogP contribution in [-0.4, -0.2) is 29.4 Å². The minimum Gasteiger partial charge on any atom is -0.396 e. The van der Waals surface area contributed by atoms with E-state index in [1.54, 1.807) is 12.1 Å². The Kier molecular flexibility index (Phi) is 2.80. The minimum atomic E-state index is -3.30. The Labute approximate surface area is 103 Å². The number of halogens is 1. The Bertz CT molecular complexity index is 665. The molecule has 0 fully saturated rings. The molecule has 2 aromatic heterocycles. The van der Waals surface area contributed by atoms with Gasteiger partial charge in [-0.15, -0.1) is 0 Å². The Morgan fingerprint density at radius 3 is 2.71 bits per heavy atom. The van der Waals surface area contributed by atoms with Crippen LogP contribution >= 0.6 is 11.6 Å². The van der Waals surface area contributed by atoms with Crippen molar-refractivity contribution < 1.29 is 8.42 Å². The maximum Gasteiger partial charge on any atom is 0.178 e. The second kappa shape index (κ2) is 4.01. The molecule has 0 saturated heterocycles. The number of nitrogens with two attached hydrogens (primary N) is 1. The lowest BCUT2D eigenvalue weighted by Gasteiger charge is -2.03. The van der Waals surface area contributed by atoms with Crippen LogP contribution in [0, 0.1) is 0 Å². The Morgan fingerprint density at radius 2 is 2.12 bits per heavy atom. The van der Waals surface area contributed by atoms with Crippen molar-refractivity contribution >= 4 is 27.1 Å². The summed E-state index contributed by atoms with van der Waals surface area (Å²) in [5.74, 6) is 0.299. The molecule has 0 amide bonds. The molecule has 2 N–H and O–H groups in total. The van der Waals surface area contributed by atoms with Crippen LogP contribution in [0.3, 0.4) is 0 Å². The molecule has 0 aliphatic heterocycles. The predicted molar refractivity (Wildman–Crippen MR) is 63.9 cm³/mol. The number of aromatic nitrogens is 3. The van der Waals surface area contributed by atoms with Gasteiger partial charge in [0, 0.05) is 6.26 Å². The van der Waals surface area contributed by atoms with Gasteiger partial charge in [-0.05, 0) is 12.1 Å². The van der Waals surface area contributed by atoms with E-state index >= 15 is 0 Å². The largest absolute Gasteiger partial charge is 0.396 e. The molecule has 2 rings (SSSR count). The number of rotatable bonds is 2. The number of hydrogen-bond acceptors (Lipinski definition) is 5. The van der Waals surface area contributed by atoms with Crippen LogP contribution in [0.4, 0.5) is 5.69 Å². The molecule has 2 heterocycles. The molecule has 0 radical (unpaired) electrons. The number of hydrogen-bond donors (Lipinski definition) is 1. The maximum atomic E-state index is 11.3. The van der Waals surface area contributed by atoms with Crippen LogP contribution in [0.15, 0.2) is 29.4 Å². The fourth-order valence-corrected chi connectivity index (χ4v) is 1.91. The lowest BCUT2D eigenvalue weighted by molar-refractivity contribution is 0.602. The SMILES string of the molecule is CS(=O)(=O)c1cnn(-c2nc(Cl)ccc2N)c1. The first-order valence-corrected chi connectivity index (χ1v) is 6.82. The van der Waals surface area contributed by atoms with Crippen molar-refractivity contribution in [2.75, 3.05) is 12.0 Å². The van der Waals surface area contributed by atoms with Gasteiger partial charge in [-0.1, -0.05) is 11.6 Å². The molecule has 0 bridgehead atoms. The average molecular weight is 273 g/mol. The highest BCUT2D eigenvalue weighted by atomic mass is 35.5.